The third-order valence-electron chi connectivity index (χ3n) is 3.43. The van der Waals surface area contributed by atoms with Crippen molar-refractivity contribution < 1.29 is 9.84 Å². The predicted molar refractivity (Wildman–Crippen MR) is 72.2 cm³/mol. The monoisotopic (exact) mass is 250 g/mol. The fourth-order valence-corrected chi connectivity index (χ4v) is 2.16. The molecule has 1 saturated heterocycles. The number of rotatable bonds is 5. The van der Waals surface area contributed by atoms with Crippen molar-refractivity contribution in [2.75, 3.05) is 45.9 Å². The van der Waals surface area contributed by atoms with E-state index in [2.05, 4.69) is 16.7 Å². The van der Waals surface area contributed by atoms with Crippen molar-refractivity contribution >= 4 is 0 Å². The molecule has 0 bridgehead atoms. The van der Waals surface area contributed by atoms with Gasteiger partial charge in [-0.05, 0) is 30.8 Å². The molecule has 0 unspecified atom stereocenters. The van der Waals surface area contributed by atoms with Crippen LogP contribution in [-0.2, 0) is 0 Å². The van der Waals surface area contributed by atoms with Crippen LogP contribution in [0.4, 0.5) is 0 Å². The van der Waals surface area contributed by atoms with Gasteiger partial charge in [-0.15, -0.1) is 0 Å². The maximum atomic E-state index is 9.17. The first kappa shape index (κ1) is 13.2. The molecular formula is C14H22N2O2. The SMILES string of the molecule is CCN1CCN(CCOc2ccc(O)cc2)CC1. The van der Waals surface area contributed by atoms with Crippen LogP contribution in [0.1, 0.15) is 6.92 Å². The second-order valence-corrected chi connectivity index (χ2v) is 4.62. The fraction of sp³-hybridized carbons (Fsp3) is 0.571. The molecular weight excluding hydrogens is 228 g/mol. The number of aromatic hydroxyl groups is 1. The van der Waals surface area contributed by atoms with Crippen LogP contribution in [0.15, 0.2) is 24.3 Å². The van der Waals surface area contributed by atoms with Gasteiger partial charge in [0.1, 0.15) is 18.1 Å². The molecule has 4 heteroatoms. The molecule has 1 aliphatic rings. The first-order valence-corrected chi connectivity index (χ1v) is 6.64. The van der Waals surface area contributed by atoms with E-state index < -0.39 is 0 Å². The van der Waals surface area contributed by atoms with Crippen LogP contribution in [0.2, 0.25) is 0 Å². The summed E-state index contributed by atoms with van der Waals surface area (Å²) in [5, 5.41) is 9.17. The number of ether oxygens (including phenoxy) is 1. The summed E-state index contributed by atoms with van der Waals surface area (Å²) in [6, 6.07) is 6.89. The van der Waals surface area contributed by atoms with Crippen LogP contribution in [0.25, 0.3) is 0 Å². The standard InChI is InChI=1S/C14H22N2O2/c1-2-15-7-9-16(10-8-15)11-12-18-14-5-3-13(17)4-6-14/h3-6,17H,2,7-12H2,1H3. The lowest BCUT2D eigenvalue weighted by molar-refractivity contribution is 0.121. The Balaban J connectivity index is 1.65. The number of nitrogens with zero attached hydrogens (tertiary/aromatic N) is 2. The Morgan fingerprint density at radius 3 is 2.28 bits per heavy atom. The molecule has 0 amide bonds. The molecule has 1 N–H and O–H groups in total. The van der Waals surface area contributed by atoms with E-state index in [1.54, 1.807) is 24.3 Å². The van der Waals surface area contributed by atoms with Gasteiger partial charge in [-0.25, -0.2) is 0 Å². The van der Waals surface area contributed by atoms with Crippen LogP contribution >= 0.6 is 0 Å². The van der Waals surface area contributed by atoms with Crippen LogP contribution in [0, 0.1) is 0 Å². The van der Waals surface area contributed by atoms with Crippen molar-refractivity contribution in [1.29, 1.82) is 0 Å². The number of piperazine rings is 1. The highest BCUT2D eigenvalue weighted by atomic mass is 16.5. The minimum absolute atomic E-state index is 0.276. The van der Waals surface area contributed by atoms with Crippen LogP contribution in [0.3, 0.4) is 0 Å². The van der Waals surface area contributed by atoms with Crippen molar-refractivity contribution in [3.8, 4) is 11.5 Å². The van der Waals surface area contributed by atoms with Crippen molar-refractivity contribution in [3.05, 3.63) is 24.3 Å². The van der Waals surface area contributed by atoms with E-state index in [9.17, 15) is 0 Å². The van der Waals surface area contributed by atoms with Crippen molar-refractivity contribution in [3.63, 3.8) is 0 Å². The summed E-state index contributed by atoms with van der Waals surface area (Å²) in [5.41, 5.74) is 0. The van der Waals surface area contributed by atoms with Gasteiger partial charge >= 0.3 is 0 Å². The zero-order valence-electron chi connectivity index (χ0n) is 11.0. The van der Waals surface area contributed by atoms with E-state index in [1.165, 1.54) is 0 Å². The minimum Gasteiger partial charge on any atom is -0.508 e. The van der Waals surface area contributed by atoms with E-state index in [-0.39, 0.29) is 5.75 Å². The van der Waals surface area contributed by atoms with Crippen molar-refractivity contribution in [1.82, 2.24) is 9.80 Å². The summed E-state index contributed by atoms with van der Waals surface area (Å²) in [4.78, 5) is 4.91. The van der Waals surface area contributed by atoms with Gasteiger partial charge in [-0.1, -0.05) is 6.92 Å². The van der Waals surface area contributed by atoms with E-state index in [4.69, 9.17) is 9.84 Å². The highest BCUT2D eigenvalue weighted by molar-refractivity contribution is 5.29. The molecule has 0 aromatic heterocycles. The zero-order chi connectivity index (χ0) is 12.8. The molecule has 18 heavy (non-hydrogen) atoms. The molecule has 4 nitrogen and oxygen atoms in total. The molecule has 1 aliphatic heterocycles. The molecule has 0 saturated carbocycles. The van der Waals surface area contributed by atoms with Crippen molar-refractivity contribution in [2.24, 2.45) is 0 Å². The number of benzene rings is 1. The van der Waals surface area contributed by atoms with Gasteiger partial charge in [0, 0.05) is 32.7 Å². The normalized spacial score (nSPS) is 17.8. The molecule has 0 aliphatic carbocycles. The van der Waals surface area contributed by atoms with Crippen LogP contribution in [-0.4, -0.2) is 60.8 Å². The van der Waals surface area contributed by atoms with Gasteiger partial charge in [0.15, 0.2) is 0 Å². The first-order chi connectivity index (χ1) is 8.78. The van der Waals surface area contributed by atoms with E-state index >= 15 is 0 Å². The molecule has 100 valence electrons. The van der Waals surface area contributed by atoms with Gasteiger partial charge in [0.05, 0.1) is 0 Å². The third-order valence-corrected chi connectivity index (χ3v) is 3.43. The molecule has 0 spiro atoms. The number of phenols is 1. The fourth-order valence-electron chi connectivity index (χ4n) is 2.16. The first-order valence-electron chi connectivity index (χ1n) is 6.64. The van der Waals surface area contributed by atoms with E-state index in [0.717, 1.165) is 45.0 Å². The Morgan fingerprint density at radius 1 is 1.06 bits per heavy atom. The Labute approximate surface area is 109 Å². The number of hydrogen-bond donors (Lipinski definition) is 1. The molecule has 1 fully saturated rings. The molecule has 0 atom stereocenters. The van der Waals surface area contributed by atoms with Crippen LogP contribution in [0.5, 0.6) is 11.5 Å². The summed E-state index contributed by atoms with van der Waals surface area (Å²) in [5.74, 6) is 1.10. The molecule has 1 aromatic carbocycles. The Hall–Kier alpha value is -1.26. The smallest absolute Gasteiger partial charge is 0.119 e. The maximum absolute atomic E-state index is 9.17. The lowest BCUT2D eigenvalue weighted by Gasteiger charge is -2.33. The third kappa shape index (κ3) is 3.89. The van der Waals surface area contributed by atoms with Gasteiger partial charge in [0.2, 0.25) is 0 Å². The van der Waals surface area contributed by atoms with Gasteiger partial charge < -0.3 is 14.7 Å². The summed E-state index contributed by atoms with van der Waals surface area (Å²) in [6.07, 6.45) is 0. The maximum Gasteiger partial charge on any atom is 0.119 e. The average molecular weight is 250 g/mol. The summed E-state index contributed by atoms with van der Waals surface area (Å²) in [6.45, 7) is 9.63. The zero-order valence-corrected chi connectivity index (χ0v) is 11.0. The number of hydrogen-bond acceptors (Lipinski definition) is 4. The lowest BCUT2D eigenvalue weighted by Crippen LogP contribution is -2.47. The average Bonchev–Trinajstić information content (AvgIpc) is 2.42. The summed E-state index contributed by atoms with van der Waals surface area (Å²) >= 11 is 0. The predicted octanol–water partition coefficient (Wildman–Crippen LogP) is 1.41. The molecule has 1 aromatic rings. The summed E-state index contributed by atoms with van der Waals surface area (Å²) in [7, 11) is 0. The molecule has 0 radical (unpaired) electrons. The van der Waals surface area contributed by atoms with Crippen molar-refractivity contribution in [2.45, 2.75) is 6.92 Å². The minimum atomic E-state index is 0.276. The van der Waals surface area contributed by atoms with Gasteiger partial charge in [-0.3, -0.25) is 4.90 Å². The Kier molecular flexibility index (Phi) is 4.84. The Bertz CT molecular complexity index is 345. The van der Waals surface area contributed by atoms with E-state index in [1.807, 2.05) is 0 Å². The van der Waals surface area contributed by atoms with Gasteiger partial charge in [-0.2, -0.15) is 0 Å². The molecule has 2 rings (SSSR count). The second-order valence-electron chi connectivity index (χ2n) is 4.62. The largest absolute Gasteiger partial charge is 0.508 e. The Morgan fingerprint density at radius 2 is 1.67 bits per heavy atom. The van der Waals surface area contributed by atoms with Gasteiger partial charge in [0.25, 0.3) is 0 Å². The van der Waals surface area contributed by atoms with E-state index in [0.29, 0.717) is 6.61 Å². The second kappa shape index (κ2) is 6.61. The highest BCUT2D eigenvalue weighted by Gasteiger charge is 2.14. The topological polar surface area (TPSA) is 35.9 Å². The summed E-state index contributed by atoms with van der Waals surface area (Å²) < 4.78 is 5.65. The highest BCUT2D eigenvalue weighted by Crippen LogP contribution is 2.15. The molecule has 1 heterocycles. The van der Waals surface area contributed by atoms with Crippen LogP contribution < -0.4 is 4.74 Å². The number of phenolic OH excluding ortho intramolecular Hbond substituents is 1. The quantitative estimate of drug-likeness (QED) is 0.857. The number of likely N-dealkylation sites (N-methyl/N-ethyl adjacent to an activating group) is 1. The lowest BCUT2D eigenvalue weighted by atomic mass is 10.3.